The third kappa shape index (κ3) is 1.41. The van der Waals surface area contributed by atoms with E-state index in [1.165, 1.54) is 0 Å². The van der Waals surface area contributed by atoms with Crippen LogP contribution in [0.15, 0.2) is 18.2 Å². The Bertz CT molecular complexity index is 407. The number of esters is 2. The average molecular weight is 190 g/mol. The zero-order chi connectivity index (χ0) is 10.1. The van der Waals surface area contributed by atoms with Crippen molar-refractivity contribution in [3.05, 3.63) is 34.9 Å². The third-order valence-corrected chi connectivity index (χ3v) is 2.34. The van der Waals surface area contributed by atoms with Crippen molar-refractivity contribution < 1.29 is 14.3 Å². The molecule has 0 unspecified atom stereocenters. The summed E-state index contributed by atoms with van der Waals surface area (Å²) in [6.45, 7) is 2.01. The van der Waals surface area contributed by atoms with E-state index in [0.29, 0.717) is 5.56 Å². The highest BCUT2D eigenvalue weighted by molar-refractivity contribution is 6.02. The maximum absolute atomic E-state index is 11.3. The fraction of sp³-hybridized carbons (Fsp3) is 0.273. The van der Waals surface area contributed by atoms with Crippen molar-refractivity contribution in [3.8, 4) is 0 Å². The van der Waals surface area contributed by atoms with Crippen molar-refractivity contribution in [3.63, 3.8) is 0 Å². The smallest absolute Gasteiger partial charge is 0.346 e. The number of hydrogen-bond acceptors (Lipinski definition) is 3. The predicted octanol–water partition coefficient (Wildman–Crippen LogP) is 1.49. The number of cyclic esters (lactones) is 2. The molecule has 3 heteroatoms. The highest BCUT2D eigenvalue weighted by Crippen LogP contribution is 2.19. The minimum atomic E-state index is -0.522. The quantitative estimate of drug-likeness (QED) is 0.497. The number of carbonyl (C=O) groups excluding carboxylic acids is 2. The summed E-state index contributed by atoms with van der Waals surface area (Å²) in [5, 5.41) is 0. The lowest BCUT2D eigenvalue weighted by Gasteiger charge is -2.14. The Labute approximate surface area is 81.7 Å². The summed E-state index contributed by atoms with van der Waals surface area (Å²) in [5.41, 5.74) is 2.38. The second-order valence-electron chi connectivity index (χ2n) is 3.28. The molecule has 72 valence electrons. The van der Waals surface area contributed by atoms with Crippen LogP contribution in [0.2, 0.25) is 0 Å². The van der Waals surface area contributed by atoms with E-state index in [0.717, 1.165) is 17.5 Å². The first kappa shape index (κ1) is 8.94. The van der Waals surface area contributed by atoms with Gasteiger partial charge in [0.25, 0.3) is 0 Å². The van der Waals surface area contributed by atoms with E-state index in [-0.39, 0.29) is 6.42 Å². The van der Waals surface area contributed by atoms with Crippen LogP contribution in [0.25, 0.3) is 0 Å². The average Bonchev–Trinajstić information content (AvgIpc) is 2.17. The Hall–Kier alpha value is -1.64. The van der Waals surface area contributed by atoms with E-state index in [1.807, 2.05) is 19.1 Å². The summed E-state index contributed by atoms with van der Waals surface area (Å²) in [6, 6.07) is 5.56. The molecule has 14 heavy (non-hydrogen) atoms. The van der Waals surface area contributed by atoms with Gasteiger partial charge in [-0.25, -0.2) is 4.79 Å². The van der Waals surface area contributed by atoms with Crippen LogP contribution in [0.1, 0.15) is 28.4 Å². The maximum atomic E-state index is 11.3. The molecule has 3 nitrogen and oxygen atoms in total. The standard InChI is InChI=1S/C11H10O3/c1-2-7-3-4-8-6-10(12)14-11(13)9(8)5-7/h3-5H,2,6H2,1H3. The zero-order valence-corrected chi connectivity index (χ0v) is 7.87. The Morgan fingerprint density at radius 3 is 2.86 bits per heavy atom. The highest BCUT2D eigenvalue weighted by atomic mass is 16.6. The summed E-state index contributed by atoms with van der Waals surface area (Å²) in [4.78, 5) is 22.3. The van der Waals surface area contributed by atoms with E-state index in [1.54, 1.807) is 6.07 Å². The van der Waals surface area contributed by atoms with Gasteiger partial charge >= 0.3 is 11.9 Å². The monoisotopic (exact) mass is 190 g/mol. The summed E-state index contributed by atoms with van der Waals surface area (Å²) >= 11 is 0. The Kier molecular flexibility index (Phi) is 2.08. The molecule has 0 N–H and O–H groups in total. The van der Waals surface area contributed by atoms with Gasteiger partial charge in [0.1, 0.15) is 0 Å². The normalized spacial score (nSPS) is 14.9. The van der Waals surface area contributed by atoms with E-state index < -0.39 is 11.9 Å². The Morgan fingerprint density at radius 2 is 2.14 bits per heavy atom. The van der Waals surface area contributed by atoms with Crippen LogP contribution in [0.4, 0.5) is 0 Å². The number of rotatable bonds is 1. The van der Waals surface area contributed by atoms with Gasteiger partial charge in [0, 0.05) is 0 Å². The number of benzene rings is 1. The molecule has 0 spiro atoms. The van der Waals surface area contributed by atoms with Crippen molar-refractivity contribution in [1.29, 1.82) is 0 Å². The van der Waals surface area contributed by atoms with Crippen molar-refractivity contribution in [2.24, 2.45) is 0 Å². The molecule has 1 heterocycles. The molecular weight excluding hydrogens is 180 g/mol. The maximum Gasteiger partial charge on any atom is 0.346 e. The van der Waals surface area contributed by atoms with Gasteiger partial charge in [-0.3, -0.25) is 4.79 Å². The summed E-state index contributed by atoms with van der Waals surface area (Å²) < 4.78 is 4.53. The van der Waals surface area contributed by atoms with Crippen LogP contribution in [0, 0.1) is 0 Å². The Balaban J connectivity index is 2.49. The van der Waals surface area contributed by atoms with E-state index >= 15 is 0 Å². The third-order valence-electron chi connectivity index (χ3n) is 2.34. The highest BCUT2D eigenvalue weighted by Gasteiger charge is 2.24. The van der Waals surface area contributed by atoms with Crippen LogP contribution in [0.5, 0.6) is 0 Å². The van der Waals surface area contributed by atoms with Gasteiger partial charge in [0.05, 0.1) is 12.0 Å². The first-order valence-electron chi connectivity index (χ1n) is 4.57. The van der Waals surface area contributed by atoms with Gasteiger partial charge in [0.2, 0.25) is 0 Å². The number of fused-ring (bicyclic) bond motifs is 1. The molecule has 1 aromatic rings. The molecule has 0 saturated carbocycles. The molecule has 0 aromatic heterocycles. The molecule has 0 saturated heterocycles. The van der Waals surface area contributed by atoms with Crippen molar-refractivity contribution in [1.82, 2.24) is 0 Å². The topological polar surface area (TPSA) is 43.4 Å². The fourth-order valence-corrected chi connectivity index (χ4v) is 1.54. The van der Waals surface area contributed by atoms with Crippen molar-refractivity contribution in [2.75, 3.05) is 0 Å². The van der Waals surface area contributed by atoms with Gasteiger partial charge in [-0.2, -0.15) is 0 Å². The largest absolute Gasteiger partial charge is 0.389 e. The van der Waals surface area contributed by atoms with Crippen LogP contribution in [-0.4, -0.2) is 11.9 Å². The number of hydrogen-bond donors (Lipinski definition) is 0. The SMILES string of the molecule is CCc1ccc2c(c1)C(=O)OC(=O)C2. The van der Waals surface area contributed by atoms with Crippen LogP contribution < -0.4 is 0 Å². The first-order chi connectivity index (χ1) is 6.70. The fourth-order valence-electron chi connectivity index (χ4n) is 1.54. The first-order valence-corrected chi connectivity index (χ1v) is 4.57. The predicted molar refractivity (Wildman–Crippen MR) is 49.9 cm³/mol. The van der Waals surface area contributed by atoms with Gasteiger partial charge in [-0.05, 0) is 23.6 Å². The number of carbonyl (C=O) groups is 2. The molecule has 0 atom stereocenters. The molecule has 1 aliphatic heterocycles. The molecular formula is C11H10O3. The van der Waals surface area contributed by atoms with E-state index in [4.69, 9.17) is 0 Å². The van der Waals surface area contributed by atoms with Crippen LogP contribution >= 0.6 is 0 Å². The molecule has 0 aliphatic carbocycles. The summed E-state index contributed by atoms with van der Waals surface area (Å²) in [7, 11) is 0. The molecule has 0 fully saturated rings. The van der Waals surface area contributed by atoms with Crippen molar-refractivity contribution >= 4 is 11.9 Å². The van der Waals surface area contributed by atoms with Gasteiger partial charge < -0.3 is 4.74 Å². The lowest BCUT2D eigenvalue weighted by molar-refractivity contribution is -0.137. The van der Waals surface area contributed by atoms with E-state index in [2.05, 4.69) is 4.74 Å². The minimum Gasteiger partial charge on any atom is -0.389 e. The van der Waals surface area contributed by atoms with Crippen LogP contribution in [0.3, 0.4) is 0 Å². The zero-order valence-electron chi connectivity index (χ0n) is 7.87. The molecule has 0 bridgehead atoms. The van der Waals surface area contributed by atoms with Gasteiger partial charge in [-0.1, -0.05) is 19.1 Å². The lowest BCUT2D eigenvalue weighted by atomic mass is 9.99. The van der Waals surface area contributed by atoms with Gasteiger partial charge in [-0.15, -0.1) is 0 Å². The molecule has 2 rings (SSSR count). The van der Waals surface area contributed by atoms with Crippen molar-refractivity contribution in [2.45, 2.75) is 19.8 Å². The summed E-state index contributed by atoms with van der Waals surface area (Å²) in [6.07, 6.45) is 1.07. The number of ether oxygens (including phenoxy) is 1. The van der Waals surface area contributed by atoms with E-state index in [9.17, 15) is 9.59 Å². The van der Waals surface area contributed by atoms with Gasteiger partial charge in [0.15, 0.2) is 0 Å². The second kappa shape index (κ2) is 3.25. The van der Waals surface area contributed by atoms with Crippen LogP contribution in [-0.2, 0) is 22.4 Å². The molecule has 0 amide bonds. The minimum absolute atomic E-state index is 0.199. The Morgan fingerprint density at radius 1 is 1.36 bits per heavy atom. The summed E-state index contributed by atoms with van der Waals surface area (Å²) in [5.74, 6) is -0.988. The molecule has 1 aromatic carbocycles. The molecule has 1 aliphatic rings. The molecule has 0 radical (unpaired) electrons. The lowest BCUT2D eigenvalue weighted by Crippen LogP contribution is -2.22. The number of aryl methyl sites for hydroxylation is 1. The second-order valence-corrected chi connectivity index (χ2v) is 3.28.